The van der Waals surface area contributed by atoms with Gasteiger partial charge in [-0.3, -0.25) is 4.79 Å². The summed E-state index contributed by atoms with van der Waals surface area (Å²) in [5.74, 6) is -4.10. The predicted molar refractivity (Wildman–Crippen MR) is 180 cm³/mol. The molecule has 0 saturated carbocycles. The summed E-state index contributed by atoms with van der Waals surface area (Å²) in [6, 6.07) is 13.8. The molecular weight excluding hydrogens is 656 g/mol. The molecule has 0 bridgehead atoms. The number of benzene rings is 3. The highest BCUT2D eigenvalue weighted by atomic mass is 19.4. The van der Waals surface area contributed by atoms with Crippen molar-refractivity contribution in [2.75, 3.05) is 13.2 Å². The minimum absolute atomic E-state index is 0.131. The van der Waals surface area contributed by atoms with Crippen LogP contribution in [0.4, 0.5) is 17.6 Å². The van der Waals surface area contributed by atoms with E-state index in [0.717, 1.165) is 37.8 Å². The predicted octanol–water partition coefficient (Wildman–Crippen LogP) is 9.25. The van der Waals surface area contributed by atoms with Crippen molar-refractivity contribution in [3.8, 4) is 28.0 Å². The van der Waals surface area contributed by atoms with E-state index in [-0.39, 0.29) is 29.1 Å². The summed E-state index contributed by atoms with van der Waals surface area (Å²) >= 11 is 0. The number of rotatable bonds is 21. The van der Waals surface area contributed by atoms with Crippen LogP contribution in [-0.2, 0) is 14.3 Å². The van der Waals surface area contributed by atoms with E-state index in [2.05, 4.69) is 6.92 Å². The van der Waals surface area contributed by atoms with Crippen LogP contribution in [0.2, 0.25) is 0 Å². The van der Waals surface area contributed by atoms with Gasteiger partial charge in [0.05, 0.1) is 11.5 Å². The van der Waals surface area contributed by atoms with Gasteiger partial charge in [-0.15, -0.1) is 0 Å². The number of alkyl halides is 3. The molecule has 3 aromatic rings. The van der Waals surface area contributed by atoms with Crippen LogP contribution >= 0.6 is 0 Å². The van der Waals surface area contributed by atoms with Crippen molar-refractivity contribution < 1.29 is 51.3 Å². The fourth-order valence-electron chi connectivity index (χ4n) is 5.46. The Labute approximate surface area is 290 Å². The zero-order valence-electron chi connectivity index (χ0n) is 28.6. The number of hydrogen-bond acceptors (Lipinski definition) is 7. The first-order valence-corrected chi connectivity index (χ1v) is 17.3. The highest BCUT2D eigenvalue weighted by Crippen LogP contribution is 2.35. The lowest BCUT2D eigenvalue weighted by molar-refractivity contribution is -0.255. The smallest absolute Gasteiger partial charge is 0.425 e. The van der Waals surface area contributed by atoms with Gasteiger partial charge in [0.1, 0.15) is 11.6 Å². The molecule has 0 unspecified atom stereocenters. The Kier molecular flexibility index (Phi) is 16.4. The summed E-state index contributed by atoms with van der Waals surface area (Å²) < 4.78 is 71.6. The number of carboxylic acids is 1. The van der Waals surface area contributed by atoms with Crippen LogP contribution in [0, 0.1) is 5.82 Å². The standard InChI is InChI=1S/C39H46F4O7/c1-3-5-6-7-8-9-12-15-36(44)49-30-20-16-27(17-21-30)31-22-19-29(37(45)46)25-33(31)28-18-23-32(34(40)26-28)38(47)50-35(39(41,42)43)14-11-10-13-24-48-4-2/h16-23,25-26,35H,3-15,24H2,1-2H3,(H,45,46)/p-1/t35-/m1/s1. The highest BCUT2D eigenvalue weighted by molar-refractivity contribution is 5.94. The Bertz CT molecular complexity index is 1540. The van der Waals surface area contributed by atoms with E-state index in [9.17, 15) is 32.7 Å². The van der Waals surface area contributed by atoms with Gasteiger partial charge in [-0.05, 0) is 90.8 Å². The lowest BCUT2D eigenvalue weighted by atomic mass is 9.92. The number of carbonyl (C=O) groups excluding carboxylic acids is 3. The summed E-state index contributed by atoms with van der Waals surface area (Å²) in [5, 5.41) is 11.7. The summed E-state index contributed by atoms with van der Waals surface area (Å²) in [4.78, 5) is 36.7. The minimum Gasteiger partial charge on any atom is -0.545 e. The van der Waals surface area contributed by atoms with E-state index in [1.165, 1.54) is 43.5 Å². The molecule has 0 aliphatic carbocycles. The third kappa shape index (κ3) is 12.9. The Morgan fingerprint density at radius 2 is 1.42 bits per heavy atom. The average Bonchev–Trinajstić information content (AvgIpc) is 3.08. The molecule has 0 saturated heterocycles. The zero-order chi connectivity index (χ0) is 36.5. The number of halogens is 4. The lowest BCUT2D eigenvalue weighted by Crippen LogP contribution is -2.34. The second-order valence-corrected chi connectivity index (χ2v) is 12.1. The van der Waals surface area contributed by atoms with E-state index in [1.807, 2.05) is 6.92 Å². The van der Waals surface area contributed by atoms with Gasteiger partial charge in [-0.25, -0.2) is 9.18 Å². The van der Waals surface area contributed by atoms with E-state index >= 15 is 4.39 Å². The monoisotopic (exact) mass is 701 g/mol. The minimum atomic E-state index is -4.84. The molecule has 3 aromatic carbocycles. The van der Waals surface area contributed by atoms with E-state index < -0.39 is 42.0 Å². The third-order valence-electron chi connectivity index (χ3n) is 8.21. The fourth-order valence-corrected chi connectivity index (χ4v) is 5.46. The number of carbonyl (C=O) groups is 3. The van der Waals surface area contributed by atoms with Crippen molar-refractivity contribution >= 4 is 17.9 Å². The first-order valence-electron chi connectivity index (χ1n) is 17.3. The van der Waals surface area contributed by atoms with Crippen molar-refractivity contribution in [3.05, 3.63) is 77.6 Å². The van der Waals surface area contributed by atoms with Crippen LogP contribution < -0.4 is 9.84 Å². The molecule has 50 heavy (non-hydrogen) atoms. The molecule has 0 radical (unpaired) electrons. The van der Waals surface area contributed by atoms with E-state index in [0.29, 0.717) is 49.4 Å². The summed E-state index contributed by atoms with van der Waals surface area (Å²) in [7, 11) is 0. The van der Waals surface area contributed by atoms with E-state index in [4.69, 9.17) is 14.2 Å². The summed E-state index contributed by atoms with van der Waals surface area (Å²) in [5.41, 5.74) is 0.581. The van der Waals surface area contributed by atoms with E-state index in [1.54, 1.807) is 24.3 Å². The van der Waals surface area contributed by atoms with Gasteiger partial charge in [0.25, 0.3) is 0 Å². The van der Waals surface area contributed by atoms with Crippen molar-refractivity contribution in [3.63, 3.8) is 0 Å². The second kappa shape index (κ2) is 20.4. The topological polar surface area (TPSA) is 102 Å². The number of hydrogen-bond donors (Lipinski definition) is 0. The molecule has 0 spiro atoms. The maximum Gasteiger partial charge on any atom is 0.425 e. The van der Waals surface area contributed by atoms with Gasteiger partial charge in [-0.2, -0.15) is 13.2 Å². The lowest BCUT2D eigenvalue weighted by Gasteiger charge is -2.21. The molecule has 1 atom stereocenters. The normalized spacial score (nSPS) is 12.0. The number of ether oxygens (including phenoxy) is 3. The van der Waals surface area contributed by atoms with Crippen molar-refractivity contribution in [2.24, 2.45) is 0 Å². The molecule has 272 valence electrons. The molecule has 11 heteroatoms. The molecule has 0 aliphatic rings. The SMILES string of the molecule is CCCCCCCCCC(=O)Oc1ccc(-c2ccc(C(=O)[O-])cc2-c2ccc(C(=O)O[C@H](CCCCCOCC)C(F)(F)F)c(F)c2)cc1. The van der Waals surface area contributed by atoms with Crippen LogP contribution in [0.3, 0.4) is 0 Å². The Morgan fingerprint density at radius 3 is 2.06 bits per heavy atom. The molecule has 7 nitrogen and oxygen atoms in total. The molecule has 0 amide bonds. The Morgan fingerprint density at radius 1 is 0.760 bits per heavy atom. The molecule has 0 aromatic heterocycles. The molecular formula is C39H45F4O7-. The quantitative estimate of drug-likeness (QED) is 0.0472. The van der Waals surface area contributed by atoms with Gasteiger partial charge >= 0.3 is 18.1 Å². The van der Waals surface area contributed by atoms with Crippen LogP contribution in [0.1, 0.15) is 112 Å². The maximum atomic E-state index is 15.3. The second-order valence-electron chi connectivity index (χ2n) is 12.1. The summed E-state index contributed by atoms with van der Waals surface area (Å²) in [6.45, 7) is 4.89. The molecule has 0 heterocycles. The van der Waals surface area contributed by atoms with Gasteiger partial charge in [0.2, 0.25) is 0 Å². The van der Waals surface area contributed by atoms with Crippen LogP contribution in [-0.4, -0.2) is 43.4 Å². The average molecular weight is 702 g/mol. The Balaban J connectivity index is 1.74. The molecule has 0 fully saturated rings. The van der Waals surface area contributed by atoms with Gasteiger partial charge in [0.15, 0.2) is 6.10 Å². The maximum absolute atomic E-state index is 15.3. The fraction of sp³-hybridized carbons (Fsp3) is 0.462. The number of aromatic carboxylic acids is 1. The molecule has 0 aliphatic heterocycles. The van der Waals surface area contributed by atoms with Crippen molar-refractivity contribution in [2.45, 2.75) is 103 Å². The first kappa shape index (κ1) is 40.2. The molecule has 0 N–H and O–H groups in total. The van der Waals surface area contributed by atoms with Crippen LogP contribution in [0.25, 0.3) is 22.3 Å². The molecule has 3 rings (SSSR count). The zero-order valence-corrected chi connectivity index (χ0v) is 28.6. The van der Waals surface area contributed by atoms with Crippen LogP contribution in [0.5, 0.6) is 5.75 Å². The van der Waals surface area contributed by atoms with Crippen LogP contribution in [0.15, 0.2) is 60.7 Å². The van der Waals surface area contributed by atoms with Crippen molar-refractivity contribution in [1.82, 2.24) is 0 Å². The van der Waals surface area contributed by atoms with Gasteiger partial charge in [0, 0.05) is 19.6 Å². The number of esters is 2. The largest absolute Gasteiger partial charge is 0.545 e. The Hall–Kier alpha value is -4.25. The third-order valence-corrected chi connectivity index (χ3v) is 8.21. The number of unbranched alkanes of at least 4 members (excludes halogenated alkanes) is 8. The van der Waals surface area contributed by atoms with Gasteiger partial charge < -0.3 is 24.1 Å². The summed E-state index contributed by atoms with van der Waals surface area (Å²) in [6.07, 6.45) is 1.21. The number of carboxylic acid groups (broad SMARTS) is 1. The van der Waals surface area contributed by atoms with Crippen molar-refractivity contribution in [1.29, 1.82) is 0 Å². The van der Waals surface area contributed by atoms with Gasteiger partial charge in [-0.1, -0.05) is 82.2 Å². The highest BCUT2D eigenvalue weighted by Gasteiger charge is 2.42. The first-order chi connectivity index (χ1) is 23.9.